The van der Waals surface area contributed by atoms with Crippen molar-refractivity contribution in [2.24, 2.45) is 0 Å². The van der Waals surface area contributed by atoms with Gasteiger partial charge in [0.25, 0.3) is 0 Å². The Morgan fingerprint density at radius 2 is 2.17 bits per heavy atom. The summed E-state index contributed by atoms with van der Waals surface area (Å²) in [5, 5.41) is 0. The standard InChI is InChI=1S/C5H11O6P/c1-2-10-12(7,8)11-5-9-4-3-6/h3H,2,4-5H2,1H3,(H,7,8). The molecular weight excluding hydrogens is 187 g/mol. The molecule has 0 aliphatic carbocycles. The van der Waals surface area contributed by atoms with Crippen molar-refractivity contribution in [3.8, 4) is 0 Å². The van der Waals surface area contributed by atoms with Crippen LogP contribution < -0.4 is 0 Å². The molecule has 0 fully saturated rings. The number of aldehydes is 1. The van der Waals surface area contributed by atoms with Crippen molar-refractivity contribution in [3.05, 3.63) is 0 Å². The highest BCUT2D eigenvalue weighted by atomic mass is 31.2. The van der Waals surface area contributed by atoms with Crippen LogP contribution in [0.15, 0.2) is 0 Å². The van der Waals surface area contributed by atoms with Crippen LogP contribution in [-0.4, -0.2) is 31.2 Å². The van der Waals surface area contributed by atoms with E-state index in [0.29, 0.717) is 6.29 Å². The Labute approximate surface area is 70.0 Å². The molecule has 0 aromatic rings. The molecule has 0 amide bonds. The van der Waals surface area contributed by atoms with Crippen molar-refractivity contribution < 1.29 is 28.0 Å². The SMILES string of the molecule is CCOP(=O)(O)OCOCC=O. The first kappa shape index (κ1) is 11.7. The van der Waals surface area contributed by atoms with Crippen LogP contribution in [0, 0.1) is 0 Å². The zero-order chi connectivity index (χ0) is 9.45. The largest absolute Gasteiger partial charge is 0.474 e. The lowest BCUT2D eigenvalue weighted by Crippen LogP contribution is -2.02. The molecule has 0 bridgehead atoms. The molecule has 0 aromatic carbocycles. The van der Waals surface area contributed by atoms with Crippen LogP contribution in [0.1, 0.15) is 6.92 Å². The van der Waals surface area contributed by atoms with Crippen LogP contribution in [0.25, 0.3) is 0 Å². The van der Waals surface area contributed by atoms with E-state index >= 15 is 0 Å². The van der Waals surface area contributed by atoms with E-state index in [9.17, 15) is 9.36 Å². The Morgan fingerprint density at radius 1 is 1.50 bits per heavy atom. The Balaban J connectivity index is 3.47. The van der Waals surface area contributed by atoms with Crippen LogP contribution in [0.5, 0.6) is 0 Å². The topological polar surface area (TPSA) is 82.1 Å². The predicted octanol–water partition coefficient (Wildman–Crippen LogP) is 0.313. The molecule has 72 valence electrons. The van der Waals surface area contributed by atoms with E-state index in [1.807, 2.05) is 0 Å². The quantitative estimate of drug-likeness (QED) is 0.274. The van der Waals surface area contributed by atoms with Crippen LogP contribution >= 0.6 is 7.82 Å². The van der Waals surface area contributed by atoms with Gasteiger partial charge in [0, 0.05) is 0 Å². The summed E-state index contributed by atoms with van der Waals surface area (Å²) in [6.45, 7) is 1.01. The molecule has 12 heavy (non-hydrogen) atoms. The number of phosphoric acid groups is 1. The first-order chi connectivity index (χ1) is 5.62. The minimum atomic E-state index is -3.97. The zero-order valence-electron chi connectivity index (χ0n) is 6.63. The molecule has 0 rings (SSSR count). The molecule has 1 N–H and O–H groups in total. The minimum Gasteiger partial charge on any atom is -0.347 e. The smallest absolute Gasteiger partial charge is 0.347 e. The van der Waals surface area contributed by atoms with Gasteiger partial charge in [0.05, 0.1) is 6.61 Å². The summed E-state index contributed by atoms with van der Waals surface area (Å²) in [5.74, 6) is 0. The zero-order valence-corrected chi connectivity index (χ0v) is 7.53. The fourth-order valence-electron chi connectivity index (χ4n) is 0.401. The van der Waals surface area contributed by atoms with Crippen molar-refractivity contribution in [2.75, 3.05) is 20.0 Å². The minimum absolute atomic E-state index is 0.0709. The molecule has 1 unspecified atom stereocenters. The predicted molar refractivity (Wildman–Crippen MR) is 39.4 cm³/mol. The molecule has 0 saturated carbocycles. The van der Waals surface area contributed by atoms with Crippen molar-refractivity contribution >= 4 is 14.1 Å². The van der Waals surface area contributed by atoms with Gasteiger partial charge in [0.2, 0.25) is 0 Å². The third-order valence-corrected chi connectivity index (χ3v) is 1.79. The molecule has 0 radical (unpaired) electrons. The van der Waals surface area contributed by atoms with Gasteiger partial charge in [0.1, 0.15) is 12.9 Å². The molecule has 0 aliphatic rings. The molecule has 0 aliphatic heterocycles. The third-order valence-electron chi connectivity index (χ3n) is 0.777. The number of hydrogen-bond acceptors (Lipinski definition) is 5. The van der Waals surface area contributed by atoms with Gasteiger partial charge in [-0.1, -0.05) is 0 Å². The van der Waals surface area contributed by atoms with Gasteiger partial charge in [0.15, 0.2) is 6.79 Å². The molecule has 6 nitrogen and oxygen atoms in total. The summed E-state index contributed by atoms with van der Waals surface area (Å²) >= 11 is 0. The summed E-state index contributed by atoms with van der Waals surface area (Å²) in [5.41, 5.74) is 0. The lowest BCUT2D eigenvalue weighted by molar-refractivity contribution is -0.115. The second-order valence-corrected chi connectivity index (χ2v) is 3.12. The van der Waals surface area contributed by atoms with Gasteiger partial charge in [-0.15, -0.1) is 0 Å². The van der Waals surface area contributed by atoms with Gasteiger partial charge in [-0.05, 0) is 6.92 Å². The first-order valence-corrected chi connectivity index (χ1v) is 4.75. The fraction of sp³-hybridized carbons (Fsp3) is 0.800. The summed E-state index contributed by atoms with van der Waals surface area (Å²) in [7, 11) is -3.97. The fourth-order valence-corrected chi connectivity index (χ4v) is 1.01. The molecule has 0 heterocycles. The summed E-state index contributed by atoms with van der Waals surface area (Å²) in [4.78, 5) is 18.5. The Bertz CT molecular complexity index is 169. The monoisotopic (exact) mass is 198 g/mol. The van der Waals surface area contributed by atoms with Crippen molar-refractivity contribution in [1.29, 1.82) is 0 Å². The van der Waals surface area contributed by atoms with E-state index < -0.39 is 14.6 Å². The first-order valence-electron chi connectivity index (χ1n) is 3.25. The van der Waals surface area contributed by atoms with Gasteiger partial charge < -0.3 is 14.4 Å². The highest BCUT2D eigenvalue weighted by Crippen LogP contribution is 2.42. The van der Waals surface area contributed by atoms with E-state index in [-0.39, 0.29) is 13.2 Å². The Kier molecular flexibility index (Phi) is 6.14. The number of rotatable bonds is 7. The number of ether oxygens (including phenoxy) is 1. The van der Waals surface area contributed by atoms with Gasteiger partial charge in [-0.3, -0.25) is 9.05 Å². The van der Waals surface area contributed by atoms with E-state index in [2.05, 4.69) is 13.8 Å². The van der Waals surface area contributed by atoms with E-state index in [1.165, 1.54) is 0 Å². The summed E-state index contributed by atoms with van der Waals surface area (Å²) in [6.07, 6.45) is 0.506. The molecule has 0 spiro atoms. The van der Waals surface area contributed by atoms with Gasteiger partial charge in [-0.2, -0.15) is 0 Å². The summed E-state index contributed by atoms with van der Waals surface area (Å²) in [6, 6.07) is 0. The van der Waals surface area contributed by atoms with Crippen molar-refractivity contribution in [1.82, 2.24) is 0 Å². The van der Waals surface area contributed by atoms with Crippen LogP contribution in [0.3, 0.4) is 0 Å². The lowest BCUT2D eigenvalue weighted by Gasteiger charge is -2.09. The molecule has 0 aromatic heterocycles. The Morgan fingerprint density at radius 3 is 2.67 bits per heavy atom. The van der Waals surface area contributed by atoms with Gasteiger partial charge in [-0.25, -0.2) is 4.57 Å². The average molecular weight is 198 g/mol. The molecular formula is C5H11O6P. The lowest BCUT2D eigenvalue weighted by atomic mass is 10.8. The van der Waals surface area contributed by atoms with E-state index in [0.717, 1.165) is 0 Å². The highest BCUT2D eigenvalue weighted by Gasteiger charge is 2.19. The molecule has 7 heteroatoms. The average Bonchev–Trinajstić information content (AvgIpc) is 1.98. The highest BCUT2D eigenvalue weighted by molar-refractivity contribution is 7.47. The third kappa shape index (κ3) is 6.45. The Hall–Kier alpha value is -0.260. The summed E-state index contributed by atoms with van der Waals surface area (Å²) < 4.78 is 23.8. The molecule has 0 saturated heterocycles. The van der Waals surface area contributed by atoms with Crippen molar-refractivity contribution in [3.63, 3.8) is 0 Å². The number of carbonyl (C=O) groups excluding carboxylic acids is 1. The van der Waals surface area contributed by atoms with E-state index in [1.54, 1.807) is 6.92 Å². The van der Waals surface area contributed by atoms with Crippen LogP contribution in [0.4, 0.5) is 0 Å². The number of phosphoric ester groups is 1. The second kappa shape index (κ2) is 6.28. The maximum atomic E-state index is 10.7. The maximum Gasteiger partial charge on any atom is 0.474 e. The molecule has 1 atom stereocenters. The second-order valence-electron chi connectivity index (χ2n) is 1.67. The van der Waals surface area contributed by atoms with Gasteiger partial charge >= 0.3 is 7.82 Å². The maximum absolute atomic E-state index is 10.7. The van der Waals surface area contributed by atoms with Crippen LogP contribution in [-0.2, 0) is 23.1 Å². The van der Waals surface area contributed by atoms with Crippen molar-refractivity contribution in [2.45, 2.75) is 6.92 Å². The normalized spacial score (nSPS) is 15.5. The number of hydrogen-bond donors (Lipinski definition) is 1. The number of carbonyl (C=O) groups is 1. The van der Waals surface area contributed by atoms with E-state index in [4.69, 9.17) is 4.89 Å². The van der Waals surface area contributed by atoms with Crippen LogP contribution in [0.2, 0.25) is 0 Å².